The van der Waals surface area contributed by atoms with E-state index in [4.69, 9.17) is 5.73 Å². The number of thioether (sulfide) groups is 1. The maximum Gasteiger partial charge on any atom is 0.190 e. The summed E-state index contributed by atoms with van der Waals surface area (Å²) >= 11 is 1.65. The summed E-state index contributed by atoms with van der Waals surface area (Å²) in [7, 11) is 0. The lowest BCUT2D eigenvalue weighted by Crippen LogP contribution is -2.06. The lowest BCUT2D eigenvalue weighted by molar-refractivity contribution is 0.501. The number of pyridine rings is 1. The van der Waals surface area contributed by atoms with Gasteiger partial charge in [0.2, 0.25) is 0 Å². The Balaban J connectivity index is 1.82. The van der Waals surface area contributed by atoms with Crippen LogP contribution in [0.2, 0.25) is 0 Å². The van der Waals surface area contributed by atoms with E-state index in [0.717, 1.165) is 26.8 Å². The van der Waals surface area contributed by atoms with Gasteiger partial charge in [-0.3, -0.25) is 0 Å². The molecular weight excluding hydrogens is 382 g/mol. The molecular formula is C19H14F2N6S. The SMILES string of the molecule is CSc1ccc(-c2cnc(N)c(-c3nnnn3-c3cccc(F)c3F)c2)cc1. The summed E-state index contributed by atoms with van der Waals surface area (Å²) in [6, 6.07) is 13.5. The molecule has 0 radical (unpaired) electrons. The van der Waals surface area contributed by atoms with E-state index in [2.05, 4.69) is 20.5 Å². The monoisotopic (exact) mass is 396 g/mol. The molecule has 140 valence electrons. The Morgan fingerprint density at radius 2 is 1.82 bits per heavy atom. The van der Waals surface area contributed by atoms with Crippen molar-refractivity contribution in [3.8, 4) is 28.2 Å². The molecule has 4 aromatic rings. The maximum absolute atomic E-state index is 14.2. The number of rotatable bonds is 4. The Bertz CT molecular complexity index is 1140. The molecule has 28 heavy (non-hydrogen) atoms. The number of nitrogen functional groups attached to an aromatic ring is 1. The minimum atomic E-state index is -1.05. The van der Waals surface area contributed by atoms with Gasteiger partial charge in [-0.2, -0.15) is 4.68 Å². The summed E-state index contributed by atoms with van der Waals surface area (Å²) in [6.07, 6.45) is 3.65. The summed E-state index contributed by atoms with van der Waals surface area (Å²) in [5.74, 6) is -1.70. The average molecular weight is 396 g/mol. The van der Waals surface area contributed by atoms with Gasteiger partial charge in [-0.05, 0) is 52.6 Å². The molecule has 0 saturated carbocycles. The predicted octanol–water partition coefficient (Wildman–Crippen LogP) is 3.97. The van der Waals surface area contributed by atoms with E-state index >= 15 is 0 Å². The van der Waals surface area contributed by atoms with Gasteiger partial charge in [0.15, 0.2) is 17.5 Å². The number of aromatic nitrogens is 5. The van der Waals surface area contributed by atoms with Crippen LogP contribution in [0.3, 0.4) is 0 Å². The van der Waals surface area contributed by atoms with E-state index in [-0.39, 0.29) is 17.3 Å². The molecule has 0 atom stereocenters. The molecule has 2 N–H and O–H groups in total. The molecule has 0 amide bonds. The minimum Gasteiger partial charge on any atom is -0.383 e. The first-order valence-electron chi connectivity index (χ1n) is 8.21. The molecule has 0 aliphatic carbocycles. The number of tetrazole rings is 1. The molecule has 9 heteroatoms. The highest BCUT2D eigenvalue weighted by Gasteiger charge is 2.19. The molecule has 2 heterocycles. The first kappa shape index (κ1) is 18.1. The van der Waals surface area contributed by atoms with Crippen LogP contribution >= 0.6 is 11.8 Å². The van der Waals surface area contributed by atoms with Crippen LogP contribution in [0.5, 0.6) is 0 Å². The molecule has 6 nitrogen and oxygen atoms in total. The normalized spacial score (nSPS) is 11.0. The van der Waals surface area contributed by atoms with Crippen LogP contribution in [0.25, 0.3) is 28.2 Å². The molecule has 0 fully saturated rings. The van der Waals surface area contributed by atoms with E-state index in [0.29, 0.717) is 5.56 Å². The zero-order valence-electron chi connectivity index (χ0n) is 14.7. The Kier molecular flexibility index (Phi) is 4.74. The Morgan fingerprint density at radius 1 is 1.04 bits per heavy atom. The van der Waals surface area contributed by atoms with Crippen LogP contribution < -0.4 is 5.73 Å². The van der Waals surface area contributed by atoms with Crippen molar-refractivity contribution >= 4 is 17.6 Å². The molecule has 0 saturated heterocycles. The predicted molar refractivity (Wildman–Crippen MR) is 104 cm³/mol. The van der Waals surface area contributed by atoms with Crippen LogP contribution in [-0.2, 0) is 0 Å². The smallest absolute Gasteiger partial charge is 0.190 e. The second-order valence-corrected chi connectivity index (χ2v) is 6.75. The van der Waals surface area contributed by atoms with Gasteiger partial charge in [-0.25, -0.2) is 13.8 Å². The van der Waals surface area contributed by atoms with E-state index in [9.17, 15) is 8.78 Å². The van der Waals surface area contributed by atoms with Gasteiger partial charge in [0.1, 0.15) is 11.5 Å². The molecule has 0 bridgehead atoms. The van der Waals surface area contributed by atoms with Crippen LogP contribution in [0.1, 0.15) is 0 Å². The highest BCUT2D eigenvalue weighted by Crippen LogP contribution is 2.30. The molecule has 4 rings (SSSR count). The van der Waals surface area contributed by atoms with E-state index in [1.54, 1.807) is 24.0 Å². The largest absolute Gasteiger partial charge is 0.383 e. The lowest BCUT2D eigenvalue weighted by Gasteiger charge is -2.10. The maximum atomic E-state index is 14.2. The van der Waals surface area contributed by atoms with Crippen molar-refractivity contribution in [2.24, 2.45) is 0 Å². The number of hydrogen-bond donors (Lipinski definition) is 1. The first-order chi connectivity index (χ1) is 13.6. The third kappa shape index (κ3) is 3.20. The standard InChI is InChI=1S/C19H14F2N6S/c1-28-13-7-5-11(6-8-13)12-9-14(18(22)23-10-12)19-24-25-26-27(19)16-4-2-3-15(20)17(16)21/h2-10H,1H3,(H2,22,23). The summed E-state index contributed by atoms with van der Waals surface area (Å²) in [5, 5.41) is 11.3. The minimum absolute atomic E-state index is 0.117. The van der Waals surface area contributed by atoms with Crippen LogP contribution in [-0.4, -0.2) is 31.4 Å². The summed E-state index contributed by atoms with van der Waals surface area (Å²) in [6.45, 7) is 0. The fourth-order valence-corrected chi connectivity index (χ4v) is 3.18. The van der Waals surface area contributed by atoms with Gasteiger partial charge in [0.25, 0.3) is 0 Å². The fourth-order valence-electron chi connectivity index (χ4n) is 2.77. The van der Waals surface area contributed by atoms with Crippen LogP contribution in [0.15, 0.2) is 59.6 Å². The summed E-state index contributed by atoms with van der Waals surface area (Å²) in [4.78, 5) is 5.36. The van der Waals surface area contributed by atoms with Crippen LogP contribution in [0, 0.1) is 11.6 Å². The Morgan fingerprint density at radius 3 is 2.57 bits per heavy atom. The van der Waals surface area contributed by atoms with Gasteiger partial charge in [-0.1, -0.05) is 18.2 Å². The fraction of sp³-hybridized carbons (Fsp3) is 0.0526. The molecule has 0 aliphatic rings. The molecule has 0 aliphatic heterocycles. The number of hydrogen-bond acceptors (Lipinski definition) is 6. The van der Waals surface area contributed by atoms with Crippen molar-refractivity contribution in [3.05, 3.63) is 66.4 Å². The van der Waals surface area contributed by atoms with Gasteiger partial charge in [0, 0.05) is 16.7 Å². The molecule has 2 aromatic carbocycles. The number of benzene rings is 2. The van der Waals surface area contributed by atoms with Crippen molar-refractivity contribution in [3.63, 3.8) is 0 Å². The quantitative estimate of drug-likeness (QED) is 0.526. The number of nitrogens with zero attached hydrogens (tertiary/aromatic N) is 5. The number of anilines is 1. The third-order valence-corrected chi connectivity index (χ3v) is 4.96. The van der Waals surface area contributed by atoms with Crippen molar-refractivity contribution in [1.29, 1.82) is 0 Å². The number of nitrogens with two attached hydrogens (primary N) is 1. The van der Waals surface area contributed by atoms with E-state index in [1.807, 2.05) is 30.5 Å². The highest BCUT2D eigenvalue weighted by molar-refractivity contribution is 7.98. The third-order valence-electron chi connectivity index (χ3n) is 4.21. The second-order valence-electron chi connectivity index (χ2n) is 5.87. The topological polar surface area (TPSA) is 82.5 Å². The molecule has 0 spiro atoms. The van der Waals surface area contributed by atoms with Crippen molar-refractivity contribution in [2.45, 2.75) is 4.90 Å². The lowest BCUT2D eigenvalue weighted by atomic mass is 10.1. The van der Waals surface area contributed by atoms with Crippen LogP contribution in [0.4, 0.5) is 14.6 Å². The van der Waals surface area contributed by atoms with E-state index in [1.165, 1.54) is 12.1 Å². The molecule has 2 aromatic heterocycles. The molecule has 0 unspecified atom stereocenters. The van der Waals surface area contributed by atoms with Crippen molar-refractivity contribution in [2.75, 3.05) is 12.0 Å². The highest BCUT2D eigenvalue weighted by atomic mass is 32.2. The first-order valence-corrected chi connectivity index (χ1v) is 9.44. The zero-order valence-corrected chi connectivity index (χ0v) is 15.5. The van der Waals surface area contributed by atoms with Gasteiger partial charge < -0.3 is 5.73 Å². The second kappa shape index (κ2) is 7.35. The number of halogens is 2. The van der Waals surface area contributed by atoms with Crippen molar-refractivity contribution < 1.29 is 8.78 Å². The Hall–Kier alpha value is -3.33. The van der Waals surface area contributed by atoms with Gasteiger partial charge >= 0.3 is 0 Å². The van der Waals surface area contributed by atoms with E-state index < -0.39 is 11.6 Å². The Labute approximate surface area is 163 Å². The van der Waals surface area contributed by atoms with Crippen molar-refractivity contribution in [1.82, 2.24) is 25.2 Å². The summed E-state index contributed by atoms with van der Waals surface area (Å²) < 4.78 is 29.0. The summed E-state index contributed by atoms with van der Waals surface area (Å²) in [5.41, 5.74) is 8.06. The van der Waals surface area contributed by atoms with Gasteiger partial charge in [0.05, 0.1) is 5.56 Å². The van der Waals surface area contributed by atoms with Gasteiger partial charge in [-0.15, -0.1) is 16.9 Å². The zero-order chi connectivity index (χ0) is 19.7. The average Bonchev–Trinajstić information content (AvgIpc) is 3.20.